The molecule has 2 aromatic heterocycles. The molecule has 0 unspecified atom stereocenters. The van der Waals surface area contributed by atoms with Crippen LogP contribution in [0.5, 0.6) is 0 Å². The van der Waals surface area contributed by atoms with Crippen molar-refractivity contribution in [3.05, 3.63) is 30.0 Å². The Bertz CT molecular complexity index is 637. The molecule has 0 bridgehead atoms. The Balaban J connectivity index is 1.46. The molecule has 4 rings (SSSR count). The molecule has 1 aliphatic heterocycles. The van der Waals surface area contributed by atoms with Crippen molar-refractivity contribution >= 4 is 0 Å². The molecular weight excluding hydrogens is 306 g/mol. The molecule has 1 aliphatic carbocycles. The maximum atomic E-state index is 10.5. The Kier molecular flexibility index (Phi) is 4.62. The van der Waals surface area contributed by atoms with Crippen LogP contribution in [0.15, 0.2) is 22.8 Å². The lowest BCUT2D eigenvalue weighted by Gasteiger charge is -2.30. The highest BCUT2D eigenvalue weighted by atomic mass is 16.4. The van der Waals surface area contributed by atoms with Gasteiger partial charge in [-0.15, -0.1) is 5.10 Å². The van der Waals surface area contributed by atoms with Gasteiger partial charge < -0.3 is 9.52 Å². The van der Waals surface area contributed by atoms with Crippen LogP contribution in [0.4, 0.5) is 0 Å². The Hall–Kier alpha value is -1.73. The van der Waals surface area contributed by atoms with Crippen molar-refractivity contribution in [3.8, 4) is 0 Å². The van der Waals surface area contributed by atoms with E-state index >= 15 is 0 Å². The molecule has 2 fully saturated rings. The molecule has 7 nitrogen and oxygen atoms in total. The van der Waals surface area contributed by atoms with E-state index in [9.17, 15) is 5.11 Å². The van der Waals surface area contributed by atoms with Crippen molar-refractivity contribution in [2.45, 2.75) is 69.7 Å². The standard InChI is InChI=1S/C17H25N5O2/c23-15(16-6-4-10-24-16)11-14-5-2-1-3-9-21(14)12-17-18-19-20-22(17)13-7-8-13/h4,6,10,13-15,23H,1-3,5,7-9,11-12H2/t14-,15-/m0/s1. The molecule has 0 spiro atoms. The van der Waals surface area contributed by atoms with Crippen molar-refractivity contribution in [3.63, 3.8) is 0 Å². The molecular formula is C17H25N5O2. The summed E-state index contributed by atoms with van der Waals surface area (Å²) in [5.74, 6) is 1.61. The minimum atomic E-state index is -0.551. The lowest BCUT2D eigenvalue weighted by molar-refractivity contribution is 0.0811. The molecule has 2 atom stereocenters. The van der Waals surface area contributed by atoms with E-state index in [0.29, 0.717) is 24.3 Å². The zero-order valence-electron chi connectivity index (χ0n) is 13.9. The molecule has 2 aromatic rings. The van der Waals surface area contributed by atoms with Crippen molar-refractivity contribution in [2.24, 2.45) is 0 Å². The summed E-state index contributed by atoms with van der Waals surface area (Å²) < 4.78 is 7.35. The van der Waals surface area contributed by atoms with Crippen LogP contribution in [-0.2, 0) is 6.54 Å². The minimum Gasteiger partial charge on any atom is -0.467 e. The van der Waals surface area contributed by atoms with Crippen LogP contribution in [0.1, 0.15) is 68.7 Å². The quantitative estimate of drug-likeness (QED) is 0.876. The second-order valence-corrected chi connectivity index (χ2v) is 7.01. The summed E-state index contributed by atoms with van der Waals surface area (Å²) in [5.41, 5.74) is 0. The van der Waals surface area contributed by atoms with Crippen molar-refractivity contribution in [1.29, 1.82) is 0 Å². The Labute approximate surface area is 141 Å². The van der Waals surface area contributed by atoms with Crippen LogP contribution in [0.25, 0.3) is 0 Å². The number of tetrazole rings is 1. The van der Waals surface area contributed by atoms with Gasteiger partial charge in [0.15, 0.2) is 5.82 Å². The van der Waals surface area contributed by atoms with Gasteiger partial charge in [-0.2, -0.15) is 0 Å². The third-order valence-corrected chi connectivity index (χ3v) is 5.16. The van der Waals surface area contributed by atoms with Crippen LogP contribution in [0.3, 0.4) is 0 Å². The van der Waals surface area contributed by atoms with Gasteiger partial charge in [-0.3, -0.25) is 4.90 Å². The van der Waals surface area contributed by atoms with Gasteiger partial charge in [0.2, 0.25) is 0 Å². The number of aromatic nitrogens is 4. The first-order valence-electron chi connectivity index (χ1n) is 9.03. The topological polar surface area (TPSA) is 80.2 Å². The number of hydrogen-bond acceptors (Lipinski definition) is 6. The van der Waals surface area contributed by atoms with Crippen molar-refractivity contribution in [2.75, 3.05) is 6.54 Å². The summed E-state index contributed by atoms with van der Waals surface area (Å²) >= 11 is 0. The zero-order valence-corrected chi connectivity index (χ0v) is 13.9. The maximum absolute atomic E-state index is 10.5. The fourth-order valence-corrected chi connectivity index (χ4v) is 3.67. The fourth-order valence-electron chi connectivity index (χ4n) is 3.67. The monoisotopic (exact) mass is 331 g/mol. The van der Waals surface area contributed by atoms with E-state index in [4.69, 9.17) is 4.42 Å². The molecule has 1 N–H and O–H groups in total. The molecule has 2 aliphatic rings. The van der Waals surface area contributed by atoms with Crippen LogP contribution in [0, 0.1) is 0 Å². The molecule has 0 radical (unpaired) electrons. The largest absolute Gasteiger partial charge is 0.467 e. The Morgan fingerprint density at radius 1 is 1.25 bits per heavy atom. The van der Waals surface area contributed by atoms with Gasteiger partial charge in [-0.25, -0.2) is 4.68 Å². The molecule has 0 amide bonds. The van der Waals surface area contributed by atoms with Gasteiger partial charge in [0.25, 0.3) is 0 Å². The first-order chi connectivity index (χ1) is 11.8. The van der Waals surface area contributed by atoms with E-state index in [1.807, 2.05) is 16.8 Å². The molecule has 1 saturated carbocycles. The van der Waals surface area contributed by atoms with Crippen molar-refractivity contribution in [1.82, 2.24) is 25.1 Å². The number of aliphatic hydroxyl groups is 1. The fraction of sp³-hybridized carbons (Fsp3) is 0.706. The summed E-state index contributed by atoms with van der Waals surface area (Å²) in [4.78, 5) is 2.45. The SMILES string of the molecule is O[C@@H](C[C@@H]1CCCCCN1Cc1nnnn1C1CC1)c1ccco1. The second-order valence-electron chi connectivity index (χ2n) is 7.01. The van der Waals surface area contributed by atoms with E-state index < -0.39 is 6.10 Å². The average Bonchev–Trinajstić information content (AvgIpc) is 3.14. The molecule has 7 heteroatoms. The van der Waals surface area contributed by atoms with E-state index in [1.54, 1.807) is 6.26 Å². The van der Waals surface area contributed by atoms with E-state index in [2.05, 4.69) is 20.4 Å². The number of furan rings is 1. The molecule has 130 valence electrons. The van der Waals surface area contributed by atoms with Crippen LogP contribution >= 0.6 is 0 Å². The lowest BCUT2D eigenvalue weighted by Crippen LogP contribution is -2.36. The highest BCUT2D eigenvalue weighted by Gasteiger charge is 2.30. The summed E-state index contributed by atoms with van der Waals surface area (Å²) in [7, 11) is 0. The predicted octanol–water partition coefficient (Wildman–Crippen LogP) is 2.47. The smallest absolute Gasteiger partial charge is 0.165 e. The summed E-state index contributed by atoms with van der Waals surface area (Å²) in [5, 5.41) is 22.8. The van der Waals surface area contributed by atoms with Crippen LogP contribution in [-0.4, -0.2) is 42.8 Å². The number of rotatable bonds is 6. The van der Waals surface area contributed by atoms with E-state index in [-0.39, 0.29) is 0 Å². The Morgan fingerprint density at radius 3 is 2.96 bits per heavy atom. The van der Waals surface area contributed by atoms with Gasteiger partial charge in [0.05, 0.1) is 18.8 Å². The average molecular weight is 331 g/mol. The van der Waals surface area contributed by atoms with Gasteiger partial charge >= 0.3 is 0 Å². The normalized spacial score (nSPS) is 24.0. The summed E-state index contributed by atoms with van der Waals surface area (Å²) in [6.07, 6.45) is 8.87. The number of likely N-dealkylation sites (tertiary alicyclic amines) is 1. The highest BCUT2D eigenvalue weighted by molar-refractivity contribution is 5.03. The number of nitrogens with zero attached hydrogens (tertiary/aromatic N) is 5. The second kappa shape index (κ2) is 7.03. The van der Waals surface area contributed by atoms with Gasteiger partial charge in [0.1, 0.15) is 11.9 Å². The van der Waals surface area contributed by atoms with Crippen LogP contribution < -0.4 is 0 Å². The third-order valence-electron chi connectivity index (χ3n) is 5.16. The van der Waals surface area contributed by atoms with E-state index in [0.717, 1.165) is 25.3 Å². The maximum Gasteiger partial charge on any atom is 0.165 e. The molecule has 1 saturated heterocycles. The van der Waals surface area contributed by atoms with Crippen LogP contribution in [0.2, 0.25) is 0 Å². The minimum absolute atomic E-state index is 0.331. The number of aliphatic hydroxyl groups excluding tert-OH is 1. The predicted molar refractivity (Wildman–Crippen MR) is 87.0 cm³/mol. The Morgan fingerprint density at radius 2 is 2.17 bits per heavy atom. The van der Waals surface area contributed by atoms with Gasteiger partial charge in [0, 0.05) is 6.04 Å². The van der Waals surface area contributed by atoms with Crippen molar-refractivity contribution < 1.29 is 9.52 Å². The molecule has 24 heavy (non-hydrogen) atoms. The summed E-state index contributed by atoms with van der Waals surface area (Å²) in [6.45, 7) is 1.80. The highest BCUT2D eigenvalue weighted by Crippen LogP contribution is 2.35. The molecule has 0 aromatic carbocycles. The third kappa shape index (κ3) is 3.52. The first-order valence-corrected chi connectivity index (χ1v) is 9.03. The van der Waals surface area contributed by atoms with E-state index in [1.165, 1.54) is 32.1 Å². The zero-order chi connectivity index (χ0) is 16.4. The molecule has 3 heterocycles. The van der Waals surface area contributed by atoms with Gasteiger partial charge in [-0.05, 0) is 61.2 Å². The van der Waals surface area contributed by atoms with Gasteiger partial charge in [-0.1, -0.05) is 12.8 Å². The number of hydrogen-bond donors (Lipinski definition) is 1. The lowest BCUT2D eigenvalue weighted by atomic mass is 10.0. The first kappa shape index (κ1) is 15.8. The summed E-state index contributed by atoms with van der Waals surface area (Å²) in [6, 6.07) is 4.50.